The fourth-order valence-corrected chi connectivity index (χ4v) is 4.84. The molecule has 0 radical (unpaired) electrons. The molecule has 2 aromatic carbocycles. The molecule has 2 N–H and O–H groups in total. The number of rotatable bonds is 8. The Hall–Kier alpha value is -4.21. The average molecular weight is 553 g/mol. The van der Waals surface area contributed by atoms with Gasteiger partial charge in [0.05, 0.1) is 12.6 Å². The number of carbonyl (C=O) groups is 1. The third-order valence-electron chi connectivity index (χ3n) is 7.05. The number of hydrogen-bond donors (Lipinski definition) is 2. The summed E-state index contributed by atoms with van der Waals surface area (Å²) in [6.07, 6.45) is 0.425. The lowest BCUT2D eigenvalue weighted by molar-refractivity contribution is -0.140. The van der Waals surface area contributed by atoms with E-state index < -0.39 is 17.8 Å². The van der Waals surface area contributed by atoms with Crippen LogP contribution in [-0.2, 0) is 19.1 Å². The summed E-state index contributed by atoms with van der Waals surface area (Å²) < 4.78 is 62.4. The van der Waals surface area contributed by atoms with E-state index in [1.54, 1.807) is 37.4 Å². The SMILES string of the molecule is CCc1cn(Cc2cc(C(=O)NC(c3ccc(F)c(C)c3)C3CC3)cc(-c3cccnc3C(F)(F)F)c2)c(=N)o1. The van der Waals surface area contributed by atoms with Crippen molar-refractivity contribution in [2.45, 2.75) is 51.9 Å². The summed E-state index contributed by atoms with van der Waals surface area (Å²) in [7, 11) is 0. The van der Waals surface area contributed by atoms with Gasteiger partial charge in [-0.25, -0.2) is 4.39 Å². The second-order valence-corrected chi connectivity index (χ2v) is 10.1. The lowest BCUT2D eigenvalue weighted by Crippen LogP contribution is -2.30. The van der Waals surface area contributed by atoms with E-state index in [1.807, 2.05) is 6.92 Å². The third kappa shape index (κ3) is 5.85. The number of aromatic nitrogens is 2. The van der Waals surface area contributed by atoms with E-state index in [0.29, 0.717) is 23.3 Å². The maximum absolute atomic E-state index is 13.9. The van der Waals surface area contributed by atoms with E-state index in [2.05, 4.69) is 10.3 Å². The molecule has 1 aliphatic carbocycles. The fraction of sp³-hybridized carbons (Fsp3) is 0.300. The molecule has 0 saturated heterocycles. The van der Waals surface area contributed by atoms with Gasteiger partial charge in [-0.15, -0.1) is 0 Å². The number of alkyl halides is 3. The Morgan fingerprint density at radius 1 is 1.20 bits per heavy atom. The highest BCUT2D eigenvalue weighted by Crippen LogP contribution is 2.42. The van der Waals surface area contributed by atoms with Gasteiger partial charge in [0.2, 0.25) is 0 Å². The molecule has 2 heterocycles. The van der Waals surface area contributed by atoms with Crippen LogP contribution in [0.1, 0.15) is 64.3 Å². The van der Waals surface area contributed by atoms with E-state index in [-0.39, 0.29) is 46.7 Å². The molecule has 0 bridgehead atoms. The van der Waals surface area contributed by atoms with E-state index in [4.69, 9.17) is 9.83 Å². The Morgan fingerprint density at radius 2 is 1.98 bits per heavy atom. The molecule has 1 amide bonds. The van der Waals surface area contributed by atoms with Gasteiger partial charge in [-0.3, -0.25) is 19.8 Å². The summed E-state index contributed by atoms with van der Waals surface area (Å²) in [6, 6.07) is 11.7. The monoisotopic (exact) mass is 552 g/mol. The highest BCUT2D eigenvalue weighted by atomic mass is 19.4. The van der Waals surface area contributed by atoms with Crippen LogP contribution in [0.2, 0.25) is 0 Å². The first-order valence-electron chi connectivity index (χ1n) is 13.0. The zero-order chi connectivity index (χ0) is 28.6. The van der Waals surface area contributed by atoms with Gasteiger partial charge in [0.1, 0.15) is 11.6 Å². The molecule has 4 aromatic rings. The molecule has 1 atom stereocenters. The van der Waals surface area contributed by atoms with Gasteiger partial charge < -0.3 is 9.73 Å². The lowest BCUT2D eigenvalue weighted by atomic mass is 9.96. The van der Waals surface area contributed by atoms with Gasteiger partial charge in [0, 0.05) is 29.9 Å². The van der Waals surface area contributed by atoms with Crippen LogP contribution in [0.3, 0.4) is 0 Å². The summed E-state index contributed by atoms with van der Waals surface area (Å²) in [6.45, 7) is 3.65. The van der Waals surface area contributed by atoms with E-state index in [1.165, 1.54) is 28.8 Å². The quantitative estimate of drug-likeness (QED) is 0.242. The minimum atomic E-state index is -4.70. The molecule has 0 aliphatic heterocycles. The van der Waals surface area contributed by atoms with Crippen molar-refractivity contribution in [3.63, 3.8) is 0 Å². The number of nitrogens with zero attached hydrogens (tertiary/aromatic N) is 2. The van der Waals surface area contributed by atoms with Crippen LogP contribution >= 0.6 is 0 Å². The van der Waals surface area contributed by atoms with Crippen molar-refractivity contribution in [3.8, 4) is 11.1 Å². The minimum absolute atomic E-state index is 0.105. The highest BCUT2D eigenvalue weighted by Gasteiger charge is 2.36. The Bertz CT molecular complexity index is 1620. The first kappa shape index (κ1) is 27.4. The van der Waals surface area contributed by atoms with Crippen molar-refractivity contribution in [1.82, 2.24) is 14.9 Å². The van der Waals surface area contributed by atoms with Crippen molar-refractivity contribution in [1.29, 1.82) is 5.41 Å². The number of nitrogens with one attached hydrogen (secondary N) is 2. The predicted molar refractivity (Wildman–Crippen MR) is 140 cm³/mol. The van der Waals surface area contributed by atoms with E-state index in [0.717, 1.165) is 24.6 Å². The molecule has 1 fully saturated rings. The minimum Gasteiger partial charge on any atom is -0.429 e. The smallest absolute Gasteiger partial charge is 0.429 e. The van der Waals surface area contributed by atoms with Crippen molar-refractivity contribution in [2.75, 3.05) is 0 Å². The summed E-state index contributed by atoms with van der Waals surface area (Å²) in [5.74, 6) is -0.0216. The zero-order valence-electron chi connectivity index (χ0n) is 22.0. The van der Waals surface area contributed by atoms with Crippen LogP contribution < -0.4 is 11.0 Å². The van der Waals surface area contributed by atoms with Crippen molar-refractivity contribution in [2.24, 2.45) is 5.92 Å². The Morgan fingerprint density at radius 3 is 2.62 bits per heavy atom. The molecule has 5 rings (SSSR count). The normalized spacial score (nSPS) is 14.2. The second-order valence-electron chi connectivity index (χ2n) is 10.1. The Balaban J connectivity index is 1.56. The van der Waals surface area contributed by atoms with Crippen molar-refractivity contribution in [3.05, 3.63) is 106 Å². The first-order chi connectivity index (χ1) is 19.0. The molecule has 1 unspecified atom stereocenters. The van der Waals surface area contributed by atoms with Crippen molar-refractivity contribution >= 4 is 5.91 Å². The van der Waals surface area contributed by atoms with Crippen LogP contribution in [0.15, 0.2) is 65.3 Å². The second kappa shape index (κ2) is 10.7. The standard InChI is InChI=1S/C30H28F4N4O2/c1-3-23-16-38(29(35)40-23)15-18-12-21(24-5-4-10-36-27(24)30(32,33)34)14-22(13-18)28(39)37-26(19-6-7-19)20-8-9-25(31)17(2)11-20/h4-5,8-14,16,19,26,35H,3,6-7,15H2,1-2H3,(H,37,39). The molecule has 208 valence electrons. The van der Waals surface area contributed by atoms with Gasteiger partial charge in [-0.05, 0) is 78.3 Å². The molecule has 10 heteroatoms. The summed E-state index contributed by atoms with van der Waals surface area (Å²) in [5, 5.41) is 11.2. The van der Waals surface area contributed by atoms with Gasteiger partial charge in [0.25, 0.3) is 11.6 Å². The number of aryl methyl sites for hydroxylation is 2. The molecular formula is C30H28F4N4O2. The summed E-state index contributed by atoms with van der Waals surface area (Å²) >= 11 is 0. The number of halogens is 4. The molecule has 40 heavy (non-hydrogen) atoms. The Labute approximate surface area is 228 Å². The molecule has 1 aliphatic rings. The number of amides is 1. The van der Waals surface area contributed by atoms with Crippen LogP contribution in [0, 0.1) is 24.1 Å². The van der Waals surface area contributed by atoms with Gasteiger partial charge in [-0.1, -0.05) is 25.1 Å². The number of pyridine rings is 1. The van der Waals surface area contributed by atoms with Crippen LogP contribution in [0.5, 0.6) is 0 Å². The number of benzene rings is 2. The largest absolute Gasteiger partial charge is 0.433 e. The maximum atomic E-state index is 13.9. The maximum Gasteiger partial charge on any atom is 0.433 e. The van der Waals surface area contributed by atoms with Gasteiger partial charge in [0.15, 0.2) is 5.69 Å². The number of oxazole rings is 1. The molecule has 0 spiro atoms. The summed E-state index contributed by atoms with van der Waals surface area (Å²) in [5.41, 5.74) is 0.784. The molecular weight excluding hydrogens is 524 g/mol. The van der Waals surface area contributed by atoms with Crippen LogP contribution in [0.25, 0.3) is 11.1 Å². The first-order valence-corrected chi connectivity index (χ1v) is 13.0. The predicted octanol–water partition coefficient (Wildman–Crippen LogP) is 6.58. The van der Waals surface area contributed by atoms with Crippen molar-refractivity contribution < 1.29 is 26.8 Å². The van der Waals surface area contributed by atoms with Gasteiger partial charge in [-0.2, -0.15) is 13.2 Å². The average Bonchev–Trinajstić information content (AvgIpc) is 3.71. The molecule has 1 saturated carbocycles. The van der Waals surface area contributed by atoms with E-state index in [9.17, 15) is 22.4 Å². The summed E-state index contributed by atoms with van der Waals surface area (Å²) in [4.78, 5) is 17.2. The third-order valence-corrected chi connectivity index (χ3v) is 7.05. The zero-order valence-corrected chi connectivity index (χ0v) is 22.0. The molecule has 6 nitrogen and oxygen atoms in total. The van der Waals surface area contributed by atoms with Crippen LogP contribution in [0.4, 0.5) is 17.6 Å². The highest BCUT2D eigenvalue weighted by molar-refractivity contribution is 5.96. The van der Waals surface area contributed by atoms with E-state index >= 15 is 0 Å². The Kier molecular flexibility index (Phi) is 7.35. The van der Waals surface area contributed by atoms with Crippen LogP contribution in [-0.4, -0.2) is 15.5 Å². The molecule has 2 aromatic heterocycles. The number of hydrogen-bond acceptors (Lipinski definition) is 4. The lowest BCUT2D eigenvalue weighted by Gasteiger charge is -2.20. The fourth-order valence-electron chi connectivity index (χ4n) is 4.84. The number of carbonyl (C=O) groups excluding carboxylic acids is 1. The topological polar surface area (TPSA) is 83.9 Å². The van der Waals surface area contributed by atoms with Gasteiger partial charge >= 0.3 is 6.18 Å².